The largest absolute Gasteiger partial charge is 0.477 e. The molecule has 1 aromatic rings. The molecule has 0 atom stereocenters. The highest BCUT2D eigenvalue weighted by Crippen LogP contribution is 2.20. The Morgan fingerprint density at radius 1 is 1.40 bits per heavy atom. The van der Waals surface area contributed by atoms with Gasteiger partial charge in [-0.3, -0.25) is 0 Å². The zero-order valence-electron chi connectivity index (χ0n) is 7.99. The Labute approximate surface area is 92.2 Å². The summed E-state index contributed by atoms with van der Waals surface area (Å²) in [5.74, 6) is -1.22. The molecule has 0 bridgehead atoms. The first kappa shape index (κ1) is 11.3. The summed E-state index contributed by atoms with van der Waals surface area (Å²) in [5.41, 5.74) is 0.859. The van der Waals surface area contributed by atoms with Crippen LogP contribution < -0.4 is 0 Å². The lowest BCUT2D eigenvalue weighted by molar-refractivity contribution is -0.132. The molecule has 0 amide bonds. The molecule has 3 nitrogen and oxygen atoms in total. The molecule has 1 rings (SSSR count). The molecule has 0 fully saturated rings. The van der Waals surface area contributed by atoms with E-state index in [0.717, 1.165) is 0 Å². The minimum atomic E-state index is -1.22. The Morgan fingerprint density at radius 3 is 2.33 bits per heavy atom. The van der Waals surface area contributed by atoms with Gasteiger partial charge in [0.2, 0.25) is 0 Å². The molecule has 0 aliphatic heterocycles. The third-order valence-electron chi connectivity index (χ3n) is 1.98. The smallest absolute Gasteiger partial charge is 0.346 e. The highest BCUT2D eigenvalue weighted by atomic mass is 35.5. The average molecular weight is 222 g/mol. The van der Waals surface area contributed by atoms with Crippen molar-refractivity contribution in [3.8, 4) is 6.07 Å². The molecule has 15 heavy (non-hydrogen) atoms. The Hall–Kier alpha value is -1.79. The van der Waals surface area contributed by atoms with E-state index in [2.05, 4.69) is 0 Å². The van der Waals surface area contributed by atoms with Gasteiger partial charge in [-0.25, -0.2) is 4.79 Å². The molecule has 0 unspecified atom stereocenters. The molecule has 0 aliphatic carbocycles. The van der Waals surface area contributed by atoms with Crippen LogP contribution in [0.5, 0.6) is 0 Å². The van der Waals surface area contributed by atoms with E-state index in [0.29, 0.717) is 16.2 Å². The fourth-order valence-electron chi connectivity index (χ4n) is 1.14. The Morgan fingerprint density at radius 2 is 1.93 bits per heavy atom. The third kappa shape index (κ3) is 2.58. The van der Waals surface area contributed by atoms with Crippen molar-refractivity contribution in [2.45, 2.75) is 6.92 Å². The first-order chi connectivity index (χ1) is 7.06. The lowest BCUT2D eigenvalue weighted by Crippen LogP contribution is -2.00. The number of hydrogen-bond acceptors (Lipinski definition) is 2. The van der Waals surface area contributed by atoms with Crippen molar-refractivity contribution >= 4 is 23.1 Å². The molecule has 1 aromatic carbocycles. The first-order valence-electron chi connectivity index (χ1n) is 4.16. The Balaban J connectivity index is 3.24. The second-order valence-electron chi connectivity index (χ2n) is 2.92. The van der Waals surface area contributed by atoms with Gasteiger partial charge in [0, 0.05) is 5.02 Å². The van der Waals surface area contributed by atoms with Crippen LogP contribution in [0.1, 0.15) is 12.5 Å². The van der Waals surface area contributed by atoms with E-state index in [4.69, 9.17) is 22.0 Å². The van der Waals surface area contributed by atoms with Gasteiger partial charge in [-0.05, 0) is 30.2 Å². The lowest BCUT2D eigenvalue weighted by Gasteiger charge is -2.02. The Bertz CT molecular complexity index is 454. The van der Waals surface area contributed by atoms with Gasteiger partial charge in [0.1, 0.15) is 11.6 Å². The Kier molecular flexibility index (Phi) is 3.48. The summed E-state index contributed by atoms with van der Waals surface area (Å²) < 4.78 is 0. The van der Waals surface area contributed by atoms with Crippen molar-refractivity contribution in [2.75, 3.05) is 0 Å². The molecule has 0 saturated carbocycles. The summed E-state index contributed by atoms with van der Waals surface area (Å²) in [6.07, 6.45) is 0. The van der Waals surface area contributed by atoms with Crippen molar-refractivity contribution in [3.05, 3.63) is 40.4 Å². The van der Waals surface area contributed by atoms with Crippen LogP contribution in [0, 0.1) is 11.3 Å². The fraction of sp³-hybridized carbons (Fsp3) is 0.0909. The van der Waals surface area contributed by atoms with Crippen molar-refractivity contribution in [1.29, 1.82) is 5.26 Å². The highest BCUT2D eigenvalue weighted by molar-refractivity contribution is 6.30. The molecule has 0 heterocycles. The van der Waals surface area contributed by atoms with E-state index >= 15 is 0 Å². The van der Waals surface area contributed by atoms with Crippen LogP contribution in [0.4, 0.5) is 0 Å². The van der Waals surface area contributed by atoms with E-state index in [9.17, 15) is 4.79 Å². The maximum atomic E-state index is 10.7. The molecule has 1 N–H and O–H groups in total. The highest BCUT2D eigenvalue weighted by Gasteiger charge is 2.11. The summed E-state index contributed by atoms with van der Waals surface area (Å²) in [6, 6.07) is 8.32. The maximum Gasteiger partial charge on any atom is 0.346 e. The summed E-state index contributed by atoms with van der Waals surface area (Å²) in [4.78, 5) is 10.7. The summed E-state index contributed by atoms with van der Waals surface area (Å²) in [5, 5.41) is 18.0. The van der Waals surface area contributed by atoms with Crippen LogP contribution in [-0.4, -0.2) is 11.1 Å². The molecular weight excluding hydrogens is 214 g/mol. The maximum absolute atomic E-state index is 10.7. The minimum Gasteiger partial charge on any atom is -0.477 e. The van der Waals surface area contributed by atoms with Gasteiger partial charge in [0.05, 0.1) is 0 Å². The SMILES string of the molecule is C/C(=C(\C#N)C(=O)O)c1ccc(Cl)cc1. The predicted molar refractivity (Wildman–Crippen MR) is 57.3 cm³/mol. The van der Waals surface area contributed by atoms with E-state index in [-0.39, 0.29) is 5.57 Å². The zero-order valence-corrected chi connectivity index (χ0v) is 8.75. The van der Waals surface area contributed by atoms with Gasteiger partial charge in [-0.1, -0.05) is 23.7 Å². The average Bonchev–Trinajstić information content (AvgIpc) is 2.19. The molecule has 0 aromatic heterocycles. The number of nitriles is 1. The summed E-state index contributed by atoms with van der Waals surface area (Å²) >= 11 is 5.69. The first-order valence-corrected chi connectivity index (χ1v) is 4.54. The van der Waals surface area contributed by atoms with E-state index in [1.165, 1.54) is 0 Å². The number of carboxylic acid groups (broad SMARTS) is 1. The molecular formula is C11H8ClNO2. The number of carbonyl (C=O) groups is 1. The van der Waals surface area contributed by atoms with Gasteiger partial charge in [-0.15, -0.1) is 0 Å². The molecule has 0 spiro atoms. The molecule has 0 aliphatic rings. The van der Waals surface area contributed by atoms with Crippen molar-refractivity contribution in [2.24, 2.45) is 0 Å². The number of carboxylic acids is 1. The topological polar surface area (TPSA) is 61.1 Å². The lowest BCUT2D eigenvalue weighted by atomic mass is 10.0. The van der Waals surface area contributed by atoms with E-state index in [1.807, 2.05) is 0 Å². The van der Waals surface area contributed by atoms with Gasteiger partial charge >= 0.3 is 5.97 Å². The summed E-state index contributed by atoms with van der Waals surface area (Å²) in [6.45, 7) is 1.59. The monoisotopic (exact) mass is 221 g/mol. The van der Waals surface area contributed by atoms with Crippen LogP contribution in [-0.2, 0) is 4.79 Å². The van der Waals surface area contributed by atoms with Gasteiger partial charge in [0.15, 0.2) is 0 Å². The van der Waals surface area contributed by atoms with Gasteiger partial charge in [0.25, 0.3) is 0 Å². The number of nitrogens with zero attached hydrogens (tertiary/aromatic N) is 1. The second-order valence-corrected chi connectivity index (χ2v) is 3.36. The number of halogens is 1. The number of aliphatic carboxylic acids is 1. The molecule has 76 valence electrons. The van der Waals surface area contributed by atoms with Gasteiger partial charge in [-0.2, -0.15) is 5.26 Å². The van der Waals surface area contributed by atoms with Crippen LogP contribution >= 0.6 is 11.6 Å². The van der Waals surface area contributed by atoms with Crippen molar-refractivity contribution in [1.82, 2.24) is 0 Å². The second kappa shape index (κ2) is 4.63. The minimum absolute atomic E-state index is 0.252. The van der Waals surface area contributed by atoms with E-state index < -0.39 is 5.97 Å². The summed E-state index contributed by atoms with van der Waals surface area (Å²) in [7, 11) is 0. The third-order valence-corrected chi connectivity index (χ3v) is 2.23. The van der Waals surface area contributed by atoms with Crippen LogP contribution in [0.2, 0.25) is 5.02 Å². The van der Waals surface area contributed by atoms with Gasteiger partial charge < -0.3 is 5.11 Å². The van der Waals surface area contributed by atoms with Crippen molar-refractivity contribution in [3.63, 3.8) is 0 Å². The number of hydrogen-bond donors (Lipinski definition) is 1. The normalized spacial score (nSPS) is 11.5. The number of allylic oxidation sites excluding steroid dienone is 1. The van der Waals surface area contributed by atoms with Crippen LogP contribution in [0.3, 0.4) is 0 Å². The predicted octanol–water partition coefficient (Wildman–Crippen LogP) is 2.72. The zero-order chi connectivity index (χ0) is 11.4. The number of benzene rings is 1. The molecule has 4 heteroatoms. The van der Waals surface area contributed by atoms with Crippen molar-refractivity contribution < 1.29 is 9.90 Å². The standard InChI is InChI=1S/C11H8ClNO2/c1-7(10(6-13)11(14)15)8-2-4-9(12)5-3-8/h2-5H,1H3,(H,14,15)/b10-7-. The molecule has 0 saturated heterocycles. The number of rotatable bonds is 2. The molecule has 0 radical (unpaired) electrons. The van der Waals surface area contributed by atoms with Crippen LogP contribution in [0.15, 0.2) is 29.8 Å². The van der Waals surface area contributed by atoms with E-state index in [1.54, 1.807) is 37.3 Å². The van der Waals surface area contributed by atoms with Crippen LogP contribution in [0.25, 0.3) is 5.57 Å². The fourth-order valence-corrected chi connectivity index (χ4v) is 1.26. The quantitative estimate of drug-likeness (QED) is 0.617.